The first-order valence-corrected chi connectivity index (χ1v) is 6.55. The van der Waals surface area contributed by atoms with E-state index in [1.165, 1.54) is 6.07 Å². The Morgan fingerprint density at radius 2 is 2.10 bits per heavy atom. The molecule has 114 valence electrons. The number of β-amino-alcohol motifs (C(OH)–C–C–N with tert-alkyl or cyclic N) is 1. The van der Waals surface area contributed by atoms with E-state index in [-0.39, 0.29) is 23.7 Å². The summed E-state index contributed by atoms with van der Waals surface area (Å²) in [5.41, 5.74) is 5.14. The monoisotopic (exact) mass is 295 g/mol. The molecule has 1 aliphatic heterocycles. The van der Waals surface area contributed by atoms with Gasteiger partial charge in [0.25, 0.3) is 11.6 Å². The molecule has 1 aliphatic rings. The van der Waals surface area contributed by atoms with Crippen LogP contribution < -0.4 is 5.73 Å². The highest BCUT2D eigenvalue weighted by Crippen LogP contribution is 2.21. The Kier molecular flexibility index (Phi) is 4.66. The van der Waals surface area contributed by atoms with Crippen LogP contribution >= 0.6 is 0 Å². The summed E-state index contributed by atoms with van der Waals surface area (Å²) in [4.78, 5) is 30.0. The average molecular weight is 295 g/mol. The smallest absolute Gasteiger partial charge is 0.300 e. The van der Waals surface area contributed by atoms with E-state index in [1.54, 1.807) is 4.90 Å². The van der Waals surface area contributed by atoms with Crippen molar-refractivity contribution in [2.45, 2.75) is 0 Å². The van der Waals surface area contributed by atoms with E-state index in [9.17, 15) is 14.9 Å². The highest BCUT2D eigenvalue weighted by Gasteiger charge is 2.28. The standard InChI is InChI=1S/C12H17N5O4/c13-11-7-9(10(8-14-11)17(20)21)12(19)16-3-1-15(2-4-16)5-6-18/h7-8,18H,1-6H2,(H2,13,14). The Morgan fingerprint density at radius 3 is 2.67 bits per heavy atom. The van der Waals surface area contributed by atoms with E-state index in [4.69, 9.17) is 10.8 Å². The van der Waals surface area contributed by atoms with Crippen LogP contribution in [0.15, 0.2) is 12.3 Å². The van der Waals surface area contributed by atoms with Crippen molar-refractivity contribution in [3.05, 3.63) is 27.9 Å². The maximum absolute atomic E-state index is 12.4. The topological polar surface area (TPSA) is 126 Å². The number of nitrogen functional groups attached to an aromatic ring is 1. The maximum atomic E-state index is 12.4. The lowest BCUT2D eigenvalue weighted by Gasteiger charge is -2.34. The first-order valence-electron chi connectivity index (χ1n) is 6.55. The zero-order valence-electron chi connectivity index (χ0n) is 11.4. The number of aliphatic hydroxyl groups excluding tert-OH is 1. The highest BCUT2D eigenvalue weighted by atomic mass is 16.6. The number of aliphatic hydroxyl groups is 1. The van der Waals surface area contributed by atoms with Crippen molar-refractivity contribution in [2.24, 2.45) is 0 Å². The second kappa shape index (κ2) is 6.46. The number of anilines is 1. The molecule has 0 radical (unpaired) electrons. The molecule has 1 aromatic heterocycles. The fourth-order valence-electron chi connectivity index (χ4n) is 2.27. The van der Waals surface area contributed by atoms with Gasteiger partial charge in [-0.1, -0.05) is 0 Å². The molecule has 9 heteroatoms. The normalized spacial score (nSPS) is 16.0. The number of pyridine rings is 1. The molecule has 9 nitrogen and oxygen atoms in total. The minimum Gasteiger partial charge on any atom is -0.395 e. The molecule has 2 heterocycles. The lowest BCUT2D eigenvalue weighted by Crippen LogP contribution is -2.49. The number of amides is 1. The van der Waals surface area contributed by atoms with Gasteiger partial charge < -0.3 is 15.7 Å². The van der Waals surface area contributed by atoms with Crippen LogP contribution in [0.3, 0.4) is 0 Å². The minimum atomic E-state index is -0.637. The van der Waals surface area contributed by atoms with Crippen molar-refractivity contribution in [3.8, 4) is 0 Å². The van der Waals surface area contributed by atoms with Gasteiger partial charge in [-0.25, -0.2) is 4.98 Å². The highest BCUT2D eigenvalue weighted by molar-refractivity contribution is 5.98. The molecule has 0 atom stereocenters. The number of carbonyl (C=O) groups excluding carboxylic acids is 1. The Balaban J connectivity index is 2.14. The summed E-state index contributed by atoms with van der Waals surface area (Å²) in [7, 11) is 0. The summed E-state index contributed by atoms with van der Waals surface area (Å²) in [6.07, 6.45) is 1.00. The van der Waals surface area contributed by atoms with Gasteiger partial charge in [0.05, 0.1) is 11.5 Å². The molecule has 0 aromatic carbocycles. The van der Waals surface area contributed by atoms with E-state index >= 15 is 0 Å². The summed E-state index contributed by atoms with van der Waals surface area (Å²) in [6.45, 7) is 2.79. The molecule has 1 amide bonds. The predicted octanol–water partition coefficient (Wildman–Crippen LogP) is -0.678. The largest absolute Gasteiger partial charge is 0.395 e. The van der Waals surface area contributed by atoms with Gasteiger partial charge >= 0.3 is 0 Å². The fraction of sp³-hybridized carbons (Fsp3) is 0.500. The first kappa shape index (κ1) is 15.1. The molecule has 0 spiro atoms. The average Bonchev–Trinajstić information content (AvgIpc) is 2.47. The van der Waals surface area contributed by atoms with Crippen LogP contribution in [-0.2, 0) is 0 Å². The molecule has 0 aliphatic carbocycles. The number of aromatic nitrogens is 1. The third-order valence-corrected chi connectivity index (χ3v) is 3.41. The number of nitrogens with zero attached hydrogens (tertiary/aromatic N) is 4. The van der Waals surface area contributed by atoms with Crippen LogP contribution in [-0.4, -0.2) is 70.1 Å². The second-order valence-corrected chi connectivity index (χ2v) is 4.74. The van der Waals surface area contributed by atoms with Gasteiger partial charge in [0, 0.05) is 32.7 Å². The predicted molar refractivity (Wildman–Crippen MR) is 74.7 cm³/mol. The van der Waals surface area contributed by atoms with Gasteiger partial charge in [0.2, 0.25) is 0 Å². The summed E-state index contributed by atoms with van der Waals surface area (Å²) in [6, 6.07) is 1.24. The lowest BCUT2D eigenvalue weighted by atomic mass is 10.1. The van der Waals surface area contributed by atoms with Crippen molar-refractivity contribution < 1.29 is 14.8 Å². The van der Waals surface area contributed by atoms with Gasteiger partial charge in [-0.3, -0.25) is 19.8 Å². The number of piperazine rings is 1. The summed E-state index contributed by atoms with van der Waals surface area (Å²) >= 11 is 0. The third kappa shape index (κ3) is 3.44. The van der Waals surface area contributed by atoms with Crippen LogP contribution in [0.2, 0.25) is 0 Å². The molecule has 1 aromatic rings. The third-order valence-electron chi connectivity index (χ3n) is 3.41. The summed E-state index contributed by atoms with van der Waals surface area (Å²) in [5.74, 6) is -0.345. The summed E-state index contributed by atoms with van der Waals surface area (Å²) < 4.78 is 0. The van der Waals surface area contributed by atoms with E-state index in [1.807, 2.05) is 4.90 Å². The number of nitrogens with two attached hydrogens (primary N) is 1. The number of hydrogen-bond acceptors (Lipinski definition) is 7. The number of carbonyl (C=O) groups is 1. The molecule has 21 heavy (non-hydrogen) atoms. The Labute approximate surface area is 121 Å². The fourth-order valence-corrected chi connectivity index (χ4v) is 2.27. The Morgan fingerprint density at radius 1 is 1.43 bits per heavy atom. The first-order chi connectivity index (χ1) is 10.0. The van der Waals surface area contributed by atoms with Crippen LogP contribution in [0.25, 0.3) is 0 Å². The van der Waals surface area contributed by atoms with Crippen LogP contribution in [0.1, 0.15) is 10.4 Å². The second-order valence-electron chi connectivity index (χ2n) is 4.74. The van der Waals surface area contributed by atoms with Gasteiger partial charge in [-0.15, -0.1) is 0 Å². The van der Waals surface area contributed by atoms with Crippen molar-refractivity contribution in [1.29, 1.82) is 0 Å². The van der Waals surface area contributed by atoms with Crippen molar-refractivity contribution in [3.63, 3.8) is 0 Å². The molecule has 1 fully saturated rings. The Bertz CT molecular complexity index is 542. The molecule has 0 saturated carbocycles. The zero-order chi connectivity index (χ0) is 15.4. The summed E-state index contributed by atoms with van der Waals surface area (Å²) in [5, 5.41) is 19.9. The van der Waals surface area contributed by atoms with Gasteiger partial charge in [0.15, 0.2) is 0 Å². The van der Waals surface area contributed by atoms with E-state index < -0.39 is 10.8 Å². The lowest BCUT2D eigenvalue weighted by molar-refractivity contribution is -0.385. The van der Waals surface area contributed by atoms with Gasteiger partial charge in [-0.2, -0.15) is 0 Å². The molecule has 1 saturated heterocycles. The van der Waals surface area contributed by atoms with Crippen molar-refractivity contribution in [1.82, 2.24) is 14.8 Å². The molecular weight excluding hydrogens is 278 g/mol. The minimum absolute atomic E-state index is 0.0388. The van der Waals surface area contributed by atoms with Crippen molar-refractivity contribution in [2.75, 3.05) is 45.1 Å². The molecule has 0 unspecified atom stereocenters. The SMILES string of the molecule is Nc1cc(C(=O)N2CCN(CCO)CC2)c([N+](=O)[O-])cn1. The van der Waals surface area contributed by atoms with Crippen LogP contribution in [0.5, 0.6) is 0 Å². The van der Waals surface area contributed by atoms with Crippen LogP contribution in [0, 0.1) is 10.1 Å². The molecular formula is C12H17N5O4. The maximum Gasteiger partial charge on any atom is 0.300 e. The Hall–Kier alpha value is -2.26. The van der Waals surface area contributed by atoms with E-state index in [0.717, 1.165) is 6.20 Å². The zero-order valence-corrected chi connectivity index (χ0v) is 11.4. The van der Waals surface area contributed by atoms with E-state index in [0.29, 0.717) is 32.7 Å². The van der Waals surface area contributed by atoms with Gasteiger partial charge in [-0.05, 0) is 6.07 Å². The van der Waals surface area contributed by atoms with Gasteiger partial charge in [0.1, 0.15) is 17.6 Å². The van der Waals surface area contributed by atoms with Crippen molar-refractivity contribution >= 4 is 17.4 Å². The molecule has 3 N–H and O–H groups in total. The van der Waals surface area contributed by atoms with E-state index in [2.05, 4.69) is 4.98 Å². The number of hydrogen-bond donors (Lipinski definition) is 2. The quantitative estimate of drug-likeness (QED) is 0.556. The molecule has 2 rings (SSSR count). The van der Waals surface area contributed by atoms with Crippen LogP contribution in [0.4, 0.5) is 11.5 Å². The number of nitro groups is 1. The molecule has 0 bridgehead atoms. The number of rotatable bonds is 4.